The zero-order valence-electron chi connectivity index (χ0n) is 14.6. The van der Waals surface area contributed by atoms with Gasteiger partial charge in [-0.15, -0.1) is 0 Å². The van der Waals surface area contributed by atoms with Gasteiger partial charge in [0.2, 0.25) is 5.91 Å². The minimum atomic E-state index is 0.0167. The van der Waals surface area contributed by atoms with Crippen LogP contribution in [0.3, 0.4) is 0 Å². The highest BCUT2D eigenvalue weighted by Crippen LogP contribution is 2.27. The Morgan fingerprint density at radius 2 is 2.00 bits per heavy atom. The maximum atomic E-state index is 12.7. The lowest BCUT2D eigenvalue weighted by atomic mass is 9.87. The van der Waals surface area contributed by atoms with Gasteiger partial charge in [-0.25, -0.2) is 4.98 Å². The molecule has 0 atom stereocenters. The Labute approximate surface area is 147 Å². The minimum absolute atomic E-state index is 0.0167. The largest absolute Gasteiger partial charge is 0.326 e. The molecular formula is C20H25N3O2. The van der Waals surface area contributed by atoms with Crippen molar-refractivity contribution >= 4 is 22.5 Å². The molecule has 1 aromatic carbocycles. The normalized spacial score (nSPS) is 18.1. The zero-order valence-corrected chi connectivity index (χ0v) is 14.6. The molecule has 2 aliphatic rings. The molecule has 1 aromatic heterocycles. The number of hydrogen-bond donors (Lipinski definition) is 1. The lowest BCUT2D eigenvalue weighted by Gasteiger charge is -2.21. The summed E-state index contributed by atoms with van der Waals surface area (Å²) in [5.41, 5.74) is 1.44. The fourth-order valence-electron chi connectivity index (χ4n) is 4.18. The molecule has 0 radical (unpaired) electrons. The maximum absolute atomic E-state index is 12.7. The van der Waals surface area contributed by atoms with E-state index >= 15 is 0 Å². The Morgan fingerprint density at radius 1 is 1.16 bits per heavy atom. The first kappa shape index (κ1) is 16.3. The lowest BCUT2D eigenvalue weighted by Crippen LogP contribution is -2.28. The Bertz CT molecular complexity index is 850. The molecule has 0 unspecified atom stereocenters. The van der Waals surface area contributed by atoms with Gasteiger partial charge < -0.3 is 5.32 Å². The van der Waals surface area contributed by atoms with Gasteiger partial charge >= 0.3 is 0 Å². The van der Waals surface area contributed by atoms with Crippen molar-refractivity contribution in [1.29, 1.82) is 0 Å². The van der Waals surface area contributed by atoms with E-state index in [1.807, 2.05) is 12.1 Å². The first-order valence-corrected chi connectivity index (χ1v) is 9.54. The SMILES string of the molecule is O=C(CC1CCCCC1)Nc1ccc2nc3n(c(=O)c2c1)CCCC3. The van der Waals surface area contributed by atoms with Gasteiger partial charge in [0.15, 0.2) is 0 Å². The maximum Gasteiger partial charge on any atom is 0.261 e. The van der Waals surface area contributed by atoms with Crippen LogP contribution in [0.5, 0.6) is 0 Å². The van der Waals surface area contributed by atoms with E-state index in [0.717, 1.165) is 50.0 Å². The summed E-state index contributed by atoms with van der Waals surface area (Å²) in [5.74, 6) is 1.45. The number of aromatic nitrogens is 2. The van der Waals surface area contributed by atoms with Gasteiger partial charge in [-0.3, -0.25) is 14.2 Å². The number of carbonyl (C=O) groups is 1. The van der Waals surface area contributed by atoms with E-state index in [-0.39, 0.29) is 11.5 Å². The third-order valence-corrected chi connectivity index (χ3v) is 5.55. The van der Waals surface area contributed by atoms with Crippen molar-refractivity contribution in [3.05, 3.63) is 34.4 Å². The van der Waals surface area contributed by atoms with E-state index < -0.39 is 0 Å². The number of anilines is 1. The van der Waals surface area contributed by atoms with Crippen molar-refractivity contribution in [1.82, 2.24) is 9.55 Å². The van der Waals surface area contributed by atoms with Crippen molar-refractivity contribution in [3.63, 3.8) is 0 Å². The number of nitrogens with zero attached hydrogens (tertiary/aromatic N) is 2. The minimum Gasteiger partial charge on any atom is -0.326 e. The first-order valence-electron chi connectivity index (χ1n) is 9.54. The lowest BCUT2D eigenvalue weighted by molar-refractivity contribution is -0.117. The first-order chi connectivity index (χ1) is 12.2. The number of benzene rings is 1. The highest BCUT2D eigenvalue weighted by molar-refractivity contribution is 5.93. The second-order valence-electron chi connectivity index (χ2n) is 7.43. The molecule has 1 amide bonds. The van der Waals surface area contributed by atoms with Crippen molar-refractivity contribution in [2.45, 2.75) is 64.3 Å². The van der Waals surface area contributed by atoms with Gasteiger partial charge in [-0.1, -0.05) is 19.3 Å². The summed E-state index contributed by atoms with van der Waals surface area (Å²) in [4.78, 5) is 29.7. The highest BCUT2D eigenvalue weighted by atomic mass is 16.1. The van der Waals surface area contributed by atoms with Crippen LogP contribution in [0, 0.1) is 5.92 Å². The molecular weight excluding hydrogens is 314 g/mol. The van der Waals surface area contributed by atoms with Crippen LogP contribution in [0.2, 0.25) is 0 Å². The van der Waals surface area contributed by atoms with E-state index in [2.05, 4.69) is 10.3 Å². The zero-order chi connectivity index (χ0) is 17.2. The number of amides is 1. The third kappa shape index (κ3) is 3.46. The smallest absolute Gasteiger partial charge is 0.261 e. The van der Waals surface area contributed by atoms with Gasteiger partial charge in [0.05, 0.1) is 10.9 Å². The monoisotopic (exact) mass is 339 g/mol. The van der Waals surface area contributed by atoms with E-state index in [9.17, 15) is 9.59 Å². The molecule has 1 aliphatic carbocycles. The molecule has 1 fully saturated rings. The number of fused-ring (bicyclic) bond motifs is 2. The highest BCUT2D eigenvalue weighted by Gasteiger charge is 2.18. The van der Waals surface area contributed by atoms with Crippen molar-refractivity contribution < 1.29 is 4.79 Å². The molecule has 132 valence electrons. The molecule has 2 aromatic rings. The average molecular weight is 339 g/mol. The van der Waals surface area contributed by atoms with Gasteiger partial charge in [0.25, 0.3) is 5.56 Å². The van der Waals surface area contributed by atoms with Crippen molar-refractivity contribution in [2.24, 2.45) is 5.92 Å². The third-order valence-electron chi connectivity index (χ3n) is 5.55. The van der Waals surface area contributed by atoms with Crippen LogP contribution in [0.1, 0.15) is 57.2 Å². The number of nitrogens with one attached hydrogen (secondary N) is 1. The van der Waals surface area contributed by atoms with E-state index in [4.69, 9.17) is 0 Å². The molecule has 5 nitrogen and oxygen atoms in total. The molecule has 2 heterocycles. The van der Waals surface area contributed by atoms with Gasteiger partial charge in [0.1, 0.15) is 5.82 Å². The molecule has 4 rings (SSSR count). The number of rotatable bonds is 3. The summed E-state index contributed by atoms with van der Waals surface area (Å²) in [6, 6.07) is 5.49. The molecule has 1 aliphatic heterocycles. The van der Waals surface area contributed by atoms with Crippen LogP contribution in [0.15, 0.2) is 23.0 Å². The predicted octanol–water partition coefficient (Wildman–Crippen LogP) is 3.64. The summed E-state index contributed by atoms with van der Waals surface area (Å²) < 4.78 is 1.79. The quantitative estimate of drug-likeness (QED) is 0.928. The molecule has 5 heteroatoms. The van der Waals surface area contributed by atoms with Crippen LogP contribution >= 0.6 is 0 Å². The average Bonchev–Trinajstić information content (AvgIpc) is 2.63. The predicted molar refractivity (Wildman–Crippen MR) is 98.8 cm³/mol. The second-order valence-corrected chi connectivity index (χ2v) is 7.43. The summed E-state index contributed by atoms with van der Waals surface area (Å²) in [6.07, 6.45) is 9.65. The molecule has 0 spiro atoms. The number of aryl methyl sites for hydroxylation is 1. The molecule has 0 bridgehead atoms. The Balaban J connectivity index is 1.55. The Hall–Kier alpha value is -2.17. The Morgan fingerprint density at radius 3 is 2.84 bits per heavy atom. The van der Waals surface area contributed by atoms with Crippen LogP contribution in [0.25, 0.3) is 10.9 Å². The summed E-state index contributed by atoms with van der Waals surface area (Å²) in [5, 5.41) is 3.57. The molecule has 0 saturated heterocycles. The van der Waals surface area contributed by atoms with Crippen LogP contribution in [-0.2, 0) is 17.8 Å². The number of hydrogen-bond acceptors (Lipinski definition) is 3. The van der Waals surface area contributed by atoms with Gasteiger partial charge in [-0.2, -0.15) is 0 Å². The van der Waals surface area contributed by atoms with Crippen molar-refractivity contribution in [3.8, 4) is 0 Å². The summed E-state index contributed by atoms with van der Waals surface area (Å²) in [7, 11) is 0. The van der Waals surface area contributed by atoms with Crippen LogP contribution in [0.4, 0.5) is 5.69 Å². The Kier molecular flexibility index (Phi) is 4.55. The van der Waals surface area contributed by atoms with Gasteiger partial charge in [0, 0.05) is 25.1 Å². The van der Waals surface area contributed by atoms with E-state index in [1.165, 1.54) is 19.3 Å². The van der Waals surface area contributed by atoms with E-state index in [1.54, 1.807) is 10.6 Å². The van der Waals surface area contributed by atoms with Crippen LogP contribution < -0.4 is 10.9 Å². The molecule has 1 N–H and O–H groups in total. The fraction of sp³-hybridized carbons (Fsp3) is 0.550. The topological polar surface area (TPSA) is 64.0 Å². The fourth-order valence-corrected chi connectivity index (χ4v) is 4.18. The standard InChI is InChI=1S/C20H25N3O2/c24-19(12-14-6-2-1-3-7-14)21-15-9-10-17-16(13-15)20(25)23-11-5-4-8-18(23)22-17/h9-10,13-14H,1-8,11-12H2,(H,21,24). The summed E-state index contributed by atoms with van der Waals surface area (Å²) in [6.45, 7) is 0.745. The molecule has 25 heavy (non-hydrogen) atoms. The second kappa shape index (κ2) is 6.98. The number of carbonyl (C=O) groups excluding carboxylic acids is 1. The van der Waals surface area contributed by atoms with Gasteiger partial charge in [-0.05, 0) is 49.8 Å². The molecule has 1 saturated carbocycles. The summed E-state index contributed by atoms with van der Waals surface area (Å²) >= 11 is 0. The van der Waals surface area contributed by atoms with Crippen LogP contribution in [-0.4, -0.2) is 15.5 Å². The van der Waals surface area contributed by atoms with E-state index in [0.29, 0.717) is 23.4 Å². The van der Waals surface area contributed by atoms with Crippen molar-refractivity contribution in [2.75, 3.05) is 5.32 Å².